The molecule has 1 aromatic rings. The fourth-order valence-corrected chi connectivity index (χ4v) is 1.83. The van der Waals surface area contributed by atoms with E-state index in [4.69, 9.17) is 0 Å². The van der Waals surface area contributed by atoms with E-state index in [0.717, 1.165) is 24.9 Å². The zero-order chi connectivity index (χ0) is 14.1. The molecule has 0 saturated heterocycles. The van der Waals surface area contributed by atoms with E-state index in [1.54, 1.807) is 12.1 Å². The Balaban J connectivity index is 2.19. The molecule has 0 heterocycles. The van der Waals surface area contributed by atoms with Gasteiger partial charge in [-0.3, -0.25) is 4.79 Å². The normalized spacial score (nSPS) is 12.2. The van der Waals surface area contributed by atoms with E-state index in [1.165, 1.54) is 12.1 Å². The van der Waals surface area contributed by atoms with Crippen LogP contribution in [-0.2, 0) is 11.2 Å². The minimum absolute atomic E-state index is 0.0864. The number of amides is 1. The van der Waals surface area contributed by atoms with Gasteiger partial charge in [-0.05, 0) is 37.5 Å². The Morgan fingerprint density at radius 2 is 1.95 bits per heavy atom. The Morgan fingerprint density at radius 1 is 1.26 bits per heavy atom. The lowest BCUT2D eigenvalue weighted by Gasteiger charge is -2.13. The highest BCUT2D eigenvalue weighted by atomic mass is 19.1. The summed E-state index contributed by atoms with van der Waals surface area (Å²) in [6.45, 7) is 5.50. The lowest BCUT2D eigenvalue weighted by atomic mass is 10.1. The minimum Gasteiger partial charge on any atom is -0.356 e. The van der Waals surface area contributed by atoms with Crippen molar-refractivity contribution in [2.75, 3.05) is 13.1 Å². The van der Waals surface area contributed by atoms with E-state index in [-0.39, 0.29) is 17.8 Å². The first-order valence-corrected chi connectivity index (χ1v) is 6.86. The molecule has 3 nitrogen and oxygen atoms in total. The molecule has 1 aromatic carbocycles. The fraction of sp³-hybridized carbons (Fsp3) is 0.533. The van der Waals surface area contributed by atoms with Crippen molar-refractivity contribution in [1.82, 2.24) is 10.6 Å². The molecule has 0 aliphatic heterocycles. The molecule has 0 aliphatic rings. The maximum absolute atomic E-state index is 12.8. The smallest absolute Gasteiger partial charge is 0.221 e. The van der Waals surface area contributed by atoms with E-state index in [0.29, 0.717) is 13.0 Å². The quantitative estimate of drug-likeness (QED) is 0.758. The van der Waals surface area contributed by atoms with Crippen LogP contribution in [0.2, 0.25) is 0 Å². The maximum atomic E-state index is 12.8. The second-order valence-corrected chi connectivity index (χ2v) is 4.79. The van der Waals surface area contributed by atoms with Crippen molar-refractivity contribution >= 4 is 5.91 Å². The number of carbonyl (C=O) groups is 1. The molecule has 0 aromatic heterocycles. The number of hydrogen-bond acceptors (Lipinski definition) is 2. The highest BCUT2D eigenvalue weighted by Gasteiger charge is 2.05. The fourth-order valence-electron chi connectivity index (χ4n) is 1.83. The Labute approximate surface area is 114 Å². The summed E-state index contributed by atoms with van der Waals surface area (Å²) < 4.78 is 12.8. The van der Waals surface area contributed by atoms with Gasteiger partial charge in [-0.2, -0.15) is 0 Å². The molecule has 1 rings (SSSR count). The van der Waals surface area contributed by atoms with Crippen molar-refractivity contribution in [3.8, 4) is 0 Å². The number of nitrogens with one attached hydrogen (secondary N) is 2. The Morgan fingerprint density at radius 3 is 2.58 bits per heavy atom. The van der Waals surface area contributed by atoms with Crippen LogP contribution in [0.4, 0.5) is 4.39 Å². The molecular weight excluding hydrogens is 243 g/mol. The zero-order valence-corrected chi connectivity index (χ0v) is 11.7. The van der Waals surface area contributed by atoms with E-state index >= 15 is 0 Å². The average Bonchev–Trinajstić information content (AvgIpc) is 2.39. The summed E-state index contributed by atoms with van der Waals surface area (Å²) in [5, 5.41) is 6.14. The predicted molar refractivity (Wildman–Crippen MR) is 75.5 cm³/mol. The average molecular weight is 266 g/mol. The second-order valence-electron chi connectivity index (χ2n) is 4.79. The van der Waals surface area contributed by atoms with Gasteiger partial charge in [0.25, 0.3) is 0 Å². The summed E-state index contributed by atoms with van der Waals surface area (Å²) in [4.78, 5) is 11.4. The van der Waals surface area contributed by atoms with Crippen LogP contribution in [0.1, 0.15) is 32.3 Å². The van der Waals surface area contributed by atoms with Crippen LogP contribution in [-0.4, -0.2) is 25.0 Å². The summed E-state index contributed by atoms with van der Waals surface area (Å²) in [5.41, 5.74) is 1.09. The van der Waals surface area contributed by atoms with Gasteiger partial charge in [0.1, 0.15) is 5.82 Å². The largest absolute Gasteiger partial charge is 0.356 e. The molecule has 2 N–H and O–H groups in total. The summed E-state index contributed by atoms with van der Waals surface area (Å²) in [6, 6.07) is 6.80. The number of rotatable bonds is 8. The molecule has 1 amide bonds. The number of halogens is 1. The molecule has 0 fully saturated rings. The zero-order valence-electron chi connectivity index (χ0n) is 11.7. The molecule has 0 spiro atoms. The van der Waals surface area contributed by atoms with Crippen molar-refractivity contribution in [3.63, 3.8) is 0 Å². The van der Waals surface area contributed by atoms with Gasteiger partial charge in [0.2, 0.25) is 5.91 Å². The third-order valence-electron chi connectivity index (χ3n) is 2.87. The summed E-state index contributed by atoms with van der Waals surface area (Å²) >= 11 is 0. The predicted octanol–water partition coefficient (Wildman–Crippen LogP) is 2.26. The lowest BCUT2D eigenvalue weighted by molar-refractivity contribution is -0.121. The number of hydrogen-bond donors (Lipinski definition) is 2. The SMILES string of the molecule is CCCNC(=O)CCNC(C)Cc1ccc(F)cc1. The van der Waals surface area contributed by atoms with Crippen molar-refractivity contribution in [3.05, 3.63) is 35.6 Å². The molecule has 4 heteroatoms. The van der Waals surface area contributed by atoms with Crippen LogP contribution in [0.25, 0.3) is 0 Å². The molecular formula is C15H23FN2O. The maximum Gasteiger partial charge on any atom is 0.221 e. The van der Waals surface area contributed by atoms with Gasteiger partial charge < -0.3 is 10.6 Å². The van der Waals surface area contributed by atoms with Crippen LogP contribution >= 0.6 is 0 Å². The van der Waals surface area contributed by atoms with Crippen LogP contribution in [0.3, 0.4) is 0 Å². The van der Waals surface area contributed by atoms with Gasteiger partial charge in [-0.15, -0.1) is 0 Å². The van der Waals surface area contributed by atoms with E-state index in [1.807, 2.05) is 6.92 Å². The Hall–Kier alpha value is -1.42. The monoisotopic (exact) mass is 266 g/mol. The van der Waals surface area contributed by atoms with Gasteiger partial charge in [-0.25, -0.2) is 4.39 Å². The first-order chi connectivity index (χ1) is 9.11. The molecule has 1 unspecified atom stereocenters. The van der Waals surface area contributed by atoms with Crippen molar-refractivity contribution in [1.29, 1.82) is 0 Å². The first-order valence-electron chi connectivity index (χ1n) is 6.86. The molecule has 106 valence electrons. The Bertz CT molecular complexity index is 378. The molecule has 1 atom stereocenters. The van der Waals surface area contributed by atoms with Crippen LogP contribution in [0.15, 0.2) is 24.3 Å². The van der Waals surface area contributed by atoms with Crippen molar-refractivity contribution in [2.45, 2.75) is 39.2 Å². The topological polar surface area (TPSA) is 41.1 Å². The molecule has 0 saturated carbocycles. The van der Waals surface area contributed by atoms with Gasteiger partial charge in [0.15, 0.2) is 0 Å². The third-order valence-corrected chi connectivity index (χ3v) is 2.87. The first kappa shape index (κ1) is 15.6. The van der Waals surface area contributed by atoms with Gasteiger partial charge in [0.05, 0.1) is 0 Å². The summed E-state index contributed by atoms with van der Waals surface area (Å²) in [6.07, 6.45) is 2.28. The van der Waals surface area contributed by atoms with E-state index < -0.39 is 0 Å². The van der Waals surface area contributed by atoms with Gasteiger partial charge in [-0.1, -0.05) is 19.1 Å². The lowest BCUT2D eigenvalue weighted by Crippen LogP contribution is -2.33. The van der Waals surface area contributed by atoms with E-state index in [9.17, 15) is 9.18 Å². The van der Waals surface area contributed by atoms with Crippen molar-refractivity contribution < 1.29 is 9.18 Å². The highest BCUT2D eigenvalue weighted by Crippen LogP contribution is 2.05. The van der Waals surface area contributed by atoms with Crippen LogP contribution < -0.4 is 10.6 Å². The van der Waals surface area contributed by atoms with Crippen LogP contribution in [0, 0.1) is 5.82 Å². The van der Waals surface area contributed by atoms with Crippen LogP contribution in [0.5, 0.6) is 0 Å². The number of carbonyl (C=O) groups excluding carboxylic acids is 1. The molecule has 19 heavy (non-hydrogen) atoms. The summed E-state index contributed by atoms with van der Waals surface area (Å²) in [7, 11) is 0. The van der Waals surface area contributed by atoms with Gasteiger partial charge >= 0.3 is 0 Å². The Kier molecular flexibility index (Phi) is 7.11. The molecule has 0 radical (unpaired) electrons. The summed E-state index contributed by atoms with van der Waals surface area (Å²) in [5.74, 6) is -0.125. The number of benzene rings is 1. The molecule has 0 bridgehead atoms. The second kappa shape index (κ2) is 8.64. The third kappa shape index (κ3) is 6.91. The van der Waals surface area contributed by atoms with Crippen molar-refractivity contribution in [2.24, 2.45) is 0 Å². The minimum atomic E-state index is -0.211. The van der Waals surface area contributed by atoms with E-state index in [2.05, 4.69) is 17.6 Å². The highest BCUT2D eigenvalue weighted by molar-refractivity contribution is 5.75. The van der Waals surface area contributed by atoms with Gasteiger partial charge in [0, 0.05) is 25.6 Å². The molecule has 0 aliphatic carbocycles. The standard InChI is InChI=1S/C15H23FN2O/c1-3-9-18-15(19)8-10-17-12(2)11-13-4-6-14(16)7-5-13/h4-7,12,17H,3,8-11H2,1-2H3,(H,18,19).